The smallest absolute Gasteiger partial charge is 0.295 e. The number of benzene rings is 2. The lowest BCUT2D eigenvalue weighted by molar-refractivity contribution is -0.137. The van der Waals surface area contributed by atoms with E-state index >= 15 is 0 Å². The molecule has 0 heterocycles. The van der Waals surface area contributed by atoms with Crippen molar-refractivity contribution >= 4 is 21.5 Å². The van der Waals surface area contributed by atoms with Gasteiger partial charge in [0.25, 0.3) is 10.0 Å². The van der Waals surface area contributed by atoms with E-state index in [2.05, 4.69) is 0 Å². The highest BCUT2D eigenvalue weighted by Crippen LogP contribution is 2.31. The summed E-state index contributed by atoms with van der Waals surface area (Å²) in [4.78, 5) is 11.2. The van der Waals surface area contributed by atoms with E-state index in [1.807, 2.05) is 0 Å². The summed E-state index contributed by atoms with van der Waals surface area (Å²) < 4.78 is 63.6. The molecule has 0 atom stereocenters. The first-order valence-electron chi connectivity index (χ1n) is 6.80. The van der Waals surface area contributed by atoms with Gasteiger partial charge in [-0.3, -0.25) is 9.10 Å². The van der Waals surface area contributed by atoms with Crippen LogP contribution in [0.25, 0.3) is 0 Å². The number of rotatable bonds is 4. The molecule has 0 fully saturated rings. The van der Waals surface area contributed by atoms with Crippen LogP contribution >= 0.6 is 0 Å². The molecule has 2 aromatic carbocycles. The number of Topliss-reactive ketones (excluding diaryl/α,β-unsaturated/α-hetero) is 1. The van der Waals surface area contributed by atoms with Crippen LogP contribution in [0.1, 0.15) is 22.8 Å². The summed E-state index contributed by atoms with van der Waals surface area (Å²) in [5.74, 6) is -0.199. The molecule has 4 nitrogen and oxygen atoms in total. The second-order valence-corrected chi connectivity index (χ2v) is 7.07. The molecule has 0 unspecified atom stereocenters. The Morgan fingerprint density at radius 2 is 1.46 bits per heavy atom. The number of ketones is 1. The largest absolute Gasteiger partial charge is 0.416 e. The van der Waals surface area contributed by atoms with Crippen LogP contribution in [0.3, 0.4) is 0 Å². The van der Waals surface area contributed by atoms with E-state index in [-0.39, 0.29) is 16.4 Å². The number of halogens is 3. The summed E-state index contributed by atoms with van der Waals surface area (Å²) in [6.07, 6.45) is -4.49. The molecule has 0 aliphatic heterocycles. The first-order chi connectivity index (χ1) is 11.0. The molecule has 0 amide bonds. The molecular formula is C16H14F3NO3S. The Balaban J connectivity index is 2.33. The SMILES string of the molecule is CC(=O)c1ccc(S(=O)(=O)N(C)c2ccc(C(F)(F)F)cc2)cc1. The Labute approximate surface area is 137 Å². The summed E-state index contributed by atoms with van der Waals surface area (Å²) in [7, 11) is -2.70. The zero-order valence-electron chi connectivity index (χ0n) is 12.8. The van der Waals surface area contributed by atoms with Gasteiger partial charge in [0.15, 0.2) is 5.78 Å². The van der Waals surface area contributed by atoms with Crippen molar-refractivity contribution in [3.05, 3.63) is 59.7 Å². The fourth-order valence-electron chi connectivity index (χ4n) is 2.02. The van der Waals surface area contributed by atoms with Crippen molar-refractivity contribution in [3.63, 3.8) is 0 Å². The molecule has 0 bridgehead atoms. The van der Waals surface area contributed by atoms with E-state index in [0.29, 0.717) is 5.56 Å². The minimum absolute atomic E-state index is 0.0603. The molecular weight excluding hydrogens is 343 g/mol. The molecule has 128 valence electrons. The van der Waals surface area contributed by atoms with E-state index in [4.69, 9.17) is 0 Å². The standard InChI is InChI=1S/C16H14F3NO3S/c1-11(21)12-3-9-15(10-4-12)24(22,23)20(2)14-7-5-13(6-8-14)16(17,18)19/h3-10H,1-2H3. The summed E-state index contributed by atoms with van der Waals surface area (Å²) in [6.45, 7) is 1.36. The van der Waals surface area contributed by atoms with Gasteiger partial charge >= 0.3 is 6.18 Å². The lowest BCUT2D eigenvalue weighted by Gasteiger charge is -2.20. The molecule has 0 aromatic heterocycles. The van der Waals surface area contributed by atoms with Crippen molar-refractivity contribution < 1.29 is 26.4 Å². The average Bonchev–Trinajstić information content (AvgIpc) is 2.53. The van der Waals surface area contributed by atoms with Crippen LogP contribution in [0, 0.1) is 0 Å². The van der Waals surface area contributed by atoms with E-state index < -0.39 is 21.8 Å². The Kier molecular flexibility index (Phi) is 4.70. The molecule has 24 heavy (non-hydrogen) atoms. The quantitative estimate of drug-likeness (QED) is 0.784. The molecule has 0 aliphatic carbocycles. The van der Waals surface area contributed by atoms with Gasteiger partial charge in [0.2, 0.25) is 0 Å². The predicted octanol–water partition coefficient (Wildman–Crippen LogP) is 3.73. The predicted molar refractivity (Wildman–Crippen MR) is 83.5 cm³/mol. The fraction of sp³-hybridized carbons (Fsp3) is 0.188. The normalized spacial score (nSPS) is 12.0. The Hall–Kier alpha value is -2.35. The maximum Gasteiger partial charge on any atom is 0.416 e. The van der Waals surface area contributed by atoms with Crippen molar-refractivity contribution in [2.24, 2.45) is 0 Å². The second kappa shape index (κ2) is 6.27. The monoisotopic (exact) mass is 357 g/mol. The number of anilines is 1. The number of hydrogen-bond donors (Lipinski definition) is 0. The van der Waals surface area contributed by atoms with E-state index in [1.165, 1.54) is 38.2 Å². The van der Waals surface area contributed by atoms with Crippen LogP contribution in [0.4, 0.5) is 18.9 Å². The Bertz CT molecular complexity index is 842. The Morgan fingerprint density at radius 3 is 1.88 bits per heavy atom. The highest BCUT2D eigenvalue weighted by atomic mass is 32.2. The second-order valence-electron chi connectivity index (χ2n) is 5.10. The van der Waals surface area contributed by atoms with Crippen LogP contribution in [0.15, 0.2) is 53.4 Å². The number of carbonyl (C=O) groups is 1. The number of sulfonamides is 1. The Morgan fingerprint density at radius 1 is 0.958 bits per heavy atom. The molecule has 0 spiro atoms. The van der Waals surface area contributed by atoms with Gasteiger partial charge in [-0.25, -0.2) is 8.42 Å². The third-order valence-corrected chi connectivity index (χ3v) is 5.28. The number of alkyl halides is 3. The number of nitrogens with zero attached hydrogens (tertiary/aromatic N) is 1. The van der Waals surface area contributed by atoms with Gasteiger partial charge in [-0.1, -0.05) is 12.1 Å². The summed E-state index contributed by atoms with van der Waals surface area (Å²) >= 11 is 0. The maximum atomic E-state index is 12.6. The molecule has 2 aromatic rings. The number of carbonyl (C=O) groups excluding carboxylic acids is 1. The first-order valence-corrected chi connectivity index (χ1v) is 8.24. The number of hydrogen-bond acceptors (Lipinski definition) is 3. The van der Waals surface area contributed by atoms with Crippen molar-refractivity contribution in [2.45, 2.75) is 18.0 Å². The third-order valence-electron chi connectivity index (χ3n) is 3.48. The highest BCUT2D eigenvalue weighted by Gasteiger charge is 2.30. The minimum Gasteiger partial charge on any atom is -0.295 e. The molecule has 0 N–H and O–H groups in total. The van der Waals surface area contributed by atoms with E-state index in [9.17, 15) is 26.4 Å². The van der Waals surface area contributed by atoms with Crippen molar-refractivity contribution in [2.75, 3.05) is 11.4 Å². The average molecular weight is 357 g/mol. The summed E-state index contributed by atoms with van der Waals surface area (Å²) in [5, 5.41) is 0. The zero-order valence-corrected chi connectivity index (χ0v) is 13.6. The van der Waals surface area contributed by atoms with Crippen LogP contribution < -0.4 is 4.31 Å². The van der Waals surface area contributed by atoms with Crippen molar-refractivity contribution in [3.8, 4) is 0 Å². The van der Waals surface area contributed by atoms with E-state index in [1.54, 1.807) is 0 Å². The van der Waals surface area contributed by atoms with Gasteiger partial charge in [0.1, 0.15) is 0 Å². The maximum absolute atomic E-state index is 12.6. The summed E-state index contributed by atoms with van der Waals surface area (Å²) in [5.41, 5.74) is -0.396. The van der Waals surface area contributed by atoms with Crippen LogP contribution in [0.2, 0.25) is 0 Å². The lowest BCUT2D eigenvalue weighted by atomic mass is 10.2. The topological polar surface area (TPSA) is 54.5 Å². The van der Waals surface area contributed by atoms with Gasteiger partial charge in [-0.2, -0.15) is 13.2 Å². The highest BCUT2D eigenvalue weighted by molar-refractivity contribution is 7.92. The van der Waals surface area contributed by atoms with Gasteiger partial charge in [0, 0.05) is 12.6 Å². The fourth-order valence-corrected chi connectivity index (χ4v) is 3.21. The molecule has 0 aliphatic rings. The van der Waals surface area contributed by atoms with Crippen molar-refractivity contribution in [1.29, 1.82) is 0 Å². The third kappa shape index (κ3) is 3.59. The first kappa shape index (κ1) is 18.0. The zero-order chi connectivity index (χ0) is 18.1. The van der Waals surface area contributed by atoms with Crippen LogP contribution in [0.5, 0.6) is 0 Å². The van der Waals surface area contributed by atoms with Gasteiger partial charge in [0.05, 0.1) is 16.1 Å². The van der Waals surface area contributed by atoms with Gasteiger partial charge in [-0.05, 0) is 43.3 Å². The molecule has 2 rings (SSSR count). The summed E-state index contributed by atoms with van der Waals surface area (Å²) in [6, 6.07) is 9.15. The van der Waals surface area contributed by atoms with E-state index in [0.717, 1.165) is 28.6 Å². The van der Waals surface area contributed by atoms with Gasteiger partial charge < -0.3 is 0 Å². The van der Waals surface area contributed by atoms with Crippen LogP contribution in [-0.2, 0) is 16.2 Å². The van der Waals surface area contributed by atoms with Crippen molar-refractivity contribution in [1.82, 2.24) is 0 Å². The molecule has 0 radical (unpaired) electrons. The molecule has 0 saturated heterocycles. The minimum atomic E-state index is -4.49. The molecule has 8 heteroatoms. The van der Waals surface area contributed by atoms with Crippen LogP contribution in [-0.4, -0.2) is 21.2 Å². The molecule has 0 saturated carbocycles. The van der Waals surface area contributed by atoms with Gasteiger partial charge in [-0.15, -0.1) is 0 Å². The lowest BCUT2D eigenvalue weighted by Crippen LogP contribution is -2.26.